The van der Waals surface area contributed by atoms with E-state index in [1.807, 2.05) is 0 Å². The van der Waals surface area contributed by atoms with Crippen molar-refractivity contribution >= 4 is 17.5 Å². The second kappa shape index (κ2) is 6.47. The smallest absolute Gasteiger partial charge is 0.329 e. The summed E-state index contributed by atoms with van der Waals surface area (Å²) in [6.07, 6.45) is 5.94. The molecule has 0 saturated heterocycles. The molecule has 8 nitrogen and oxygen atoms in total. The van der Waals surface area contributed by atoms with Gasteiger partial charge in [-0.1, -0.05) is 19.8 Å². The number of anilines is 2. The Hall–Kier alpha value is -1.96. The van der Waals surface area contributed by atoms with Crippen LogP contribution in [0.15, 0.2) is 6.20 Å². The summed E-state index contributed by atoms with van der Waals surface area (Å²) in [7, 11) is 0. The SMILES string of the molecule is CC1CCCC(CNc2nc(NN)ncc2[N+](=O)[O-])C1. The van der Waals surface area contributed by atoms with Gasteiger partial charge in [-0.2, -0.15) is 4.98 Å². The van der Waals surface area contributed by atoms with Crippen LogP contribution in [0.25, 0.3) is 0 Å². The Morgan fingerprint density at radius 1 is 1.55 bits per heavy atom. The van der Waals surface area contributed by atoms with Crippen LogP contribution in [-0.2, 0) is 0 Å². The van der Waals surface area contributed by atoms with Gasteiger partial charge >= 0.3 is 5.69 Å². The highest BCUT2D eigenvalue weighted by Gasteiger charge is 2.21. The molecule has 0 bridgehead atoms. The maximum absolute atomic E-state index is 11.0. The average Bonchev–Trinajstić information content (AvgIpc) is 2.44. The number of nitrogens with one attached hydrogen (secondary N) is 2. The summed E-state index contributed by atoms with van der Waals surface area (Å²) in [4.78, 5) is 18.2. The van der Waals surface area contributed by atoms with Crippen LogP contribution in [0.4, 0.5) is 17.5 Å². The first-order valence-corrected chi connectivity index (χ1v) is 6.82. The van der Waals surface area contributed by atoms with Gasteiger partial charge in [0, 0.05) is 6.54 Å². The average molecular weight is 280 g/mol. The zero-order valence-electron chi connectivity index (χ0n) is 11.5. The van der Waals surface area contributed by atoms with E-state index >= 15 is 0 Å². The molecule has 1 saturated carbocycles. The van der Waals surface area contributed by atoms with Gasteiger partial charge in [-0.05, 0) is 24.7 Å². The van der Waals surface area contributed by atoms with Crippen molar-refractivity contribution in [1.29, 1.82) is 0 Å². The fourth-order valence-corrected chi connectivity index (χ4v) is 2.69. The second-order valence-corrected chi connectivity index (χ2v) is 5.35. The van der Waals surface area contributed by atoms with E-state index in [1.54, 1.807) is 0 Å². The normalized spacial score (nSPS) is 22.3. The molecule has 1 heterocycles. The Labute approximate surface area is 117 Å². The minimum atomic E-state index is -0.494. The lowest BCUT2D eigenvalue weighted by Crippen LogP contribution is -2.22. The minimum Gasteiger partial charge on any atom is -0.364 e. The van der Waals surface area contributed by atoms with Crippen molar-refractivity contribution in [2.75, 3.05) is 17.3 Å². The van der Waals surface area contributed by atoms with Crippen LogP contribution in [0, 0.1) is 22.0 Å². The number of hydrogen-bond donors (Lipinski definition) is 3. The predicted molar refractivity (Wildman–Crippen MR) is 76.1 cm³/mol. The van der Waals surface area contributed by atoms with Crippen molar-refractivity contribution in [3.05, 3.63) is 16.3 Å². The largest absolute Gasteiger partial charge is 0.364 e. The summed E-state index contributed by atoms with van der Waals surface area (Å²) in [5.74, 6) is 6.86. The van der Waals surface area contributed by atoms with Crippen molar-refractivity contribution < 1.29 is 4.92 Å². The number of rotatable bonds is 5. The standard InChI is InChI=1S/C12H20N6O2/c1-8-3-2-4-9(5-8)6-14-11-10(18(19)20)7-15-12(16-11)17-13/h7-9H,2-6,13H2,1H3,(H2,14,15,16,17). The highest BCUT2D eigenvalue weighted by Crippen LogP contribution is 2.29. The van der Waals surface area contributed by atoms with E-state index < -0.39 is 4.92 Å². The number of nitrogens with zero attached hydrogens (tertiary/aromatic N) is 3. The van der Waals surface area contributed by atoms with Crippen LogP contribution >= 0.6 is 0 Å². The van der Waals surface area contributed by atoms with E-state index in [9.17, 15) is 10.1 Å². The molecule has 0 amide bonds. The van der Waals surface area contributed by atoms with Crippen molar-refractivity contribution in [2.45, 2.75) is 32.6 Å². The molecule has 0 spiro atoms. The Kier molecular flexibility index (Phi) is 4.67. The van der Waals surface area contributed by atoms with Gasteiger partial charge in [0.1, 0.15) is 6.20 Å². The molecule has 1 aromatic rings. The third kappa shape index (κ3) is 3.53. The summed E-state index contributed by atoms with van der Waals surface area (Å²) in [5.41, 5.74) is 2.16. The van der Waals surface area contributed by atoms with Crippen LogP contribution in [-0.4, -0.2) is 21.4 Å². The molecular weight excluding hydrogens is 260 g/mol. The number of nitrogen functional groups attached to an aromatic ring is 1. The van der Waals surface area contributed by atoms with Gasteiger partial charge in [-0.15, -0.1) is 0 Å². The van der Waals surface area contributed by atoms with Crippen molar-refractivity contribution in [2.24, 2.45) is 17.7 Å². The molecule has 2 atom stereocenters. The lowest BCUT2D eigenvalue weighted by Gasteiger charge is -2.26. The lowest BCUT2D eigenvalue weighted by atomic mass is 9.82. The van der Waals surface area contributed by atoms with Gasteiger partial charge in [0.2, 0.25) is 11.8 Å². The lowest BCUT2D eigenvalue weighted by molar-refractivity contribution is -0.384. The van der Waals surface area contributed by atoms with E-state index in [2.05, 4.69) is 27.6 Å². The topological polar surface area (TPSA) is 119 Å². The summed E-state index contributed by atoms with van der Waals surface area (Å²) < 4.78 is 0. The molecule has 0 aliphatic heterocycles. The molecule has 1 aromatic heterocycles. The third-order valence-electron chi connectivity index (χ3n) is 3.70. The van der Waals surface area contributed by atoms with Gasteiger partial charge in [0.15, 0.2) is 0 Å². The van der Waals surface area contributed by atoms with E-state index in [1.165, 1.54) is 12.8 Å². The van der Waals surface area contributed by atoms with Crippen molar-refractivity contribution in [3.8, 4) is 0 Å². The molecule has 1 aliphatic carbocycles. The van der Waals surface area contributed by atoms with Gasteiger partial charge < -0.3 is 5.32 Å². The maximum Gasteiger partial charge on any atom is 0.329 e. The van der Waals surface area contributed by atoms with Crippen molar-refractivity contribution in [1.82, 2.24) is 9.97 Å². The fourth-order valence-electron chi connectivity index (χ4n) is 2.69. The summed E-state index contributed by atoms with van der Waals surface area (Å²) in [6, 6.07) is 0. The van der Waals surface area contributed by atoms with Gasteiger partial charge in [-0.3, -0.25) is 15.5 Å². The molecule has 20 heavy (non-hydrogen) atoms. The minimum absolute atomic E-state index is 0.132. The van der Waals surface area contributed by atoms with Crippen LogP contribution in [0.5, 0.6) is 0 Å². The molecule has 0 radical (unpaired) electrons. The number of nitro groups is 1. The Morgan fingerprint density at radius 3 is 3.00 bits per heavy atom. The molecule has 8 heteroatoms. The number of hydrazine groups is 1. The van der Waals surface area contributed by atoms with Gasteiger partial charge in [-0.25, -0.2) is 10.8 Å². The van der Waals surface area contributed by atoms with Crippen LogP contribution in [0.2, 0.25) is 0 Å². The quantitative estimate of drug-likeness (QED) is 0.428. The van der Waals surface area contributed by atoms with Crippen LogP contribution in [0.1, 0.15) is 32.6 Å². The van der Waals surface area contributed by atoms with Crippen molar-refractivity contribution in [3.63, 3.8) is 0 Å². The first kappa shape index (κ1) is 14.4. The first-order chi connectivity index (χ1) is 9.60. The number of aromatic nitrogens is 2. The Bertz CT molecular complexity index is 481. The fraction of sp³-hybridized carbons (Fsp3) is 0.667. The third-order valence-corrected chi connectivity index (χ3v) is 3.70. The van der Waals surface area contributed by atoms with Gasteiger partial charge in [0.25, 0.3) is 0 Å². The molecule has 0 aromatic carbocycles. The molecule has 1 fully saturated rings. The summed E-state index contributed by atoms with van der Waals surface area (Å²) >= 11 is 0. The number of nitrogens with two attached hydrogens (primary N) is 1. The Morgan fingerprint density at radius 2 is 2.35 bits per heavy atom. The molecular formula is C12H20N6O2. The second-order valence-electron chi connectivity index (χ2n) is 5.35. The molecule has 4 N–H and O–H groups in total. The highest BCUT2D eigenvalue weighted by atomic mass is 16.6. The summed E-state index contributed by atoms with van der Waals surface area (Å²) in [5, 5.41) is 14.0. The molecule has 110 valence electrons. The van der Waals surface area contributed by atoms with E-state index in [0.717, 1.165) is 25.0 Å². The zero-order chi connectivity index (χ0) is 14.5. The van der Waals surface area contributed by atoms with Gasteiger partial charge in [0.05, 0.1) is 4.92 Å². The van der Waals surface area contributed by atoms with Crippen LogP contribution < -0.4 is 16.6 Å². The van der Waals surface area contributed by atoms with E-state index in [4.69, 9.17) is 5.84 Å². The first-order valence-electron chi connectivity index (χ1n) is 6.82. The number of hydrogen-bond acceptors (Lipinski definition) is 7. The molecule has 2 unspecified atom stereocenters. The summed E-state index contributed by atoms with van der Waals surface area (Å²) in [6.45, 7) is 2.93. The molecule has 1 aliphatic rings. The highest BCUT2D eigenvalue weighted by molar-refractivity contribution is 5.56. The predicted octanol–water partition coefficient (Wildman–Crippen LogP) is 1.91. The maximum atomic E-state index is 11.0. The Balaban J connectivity index is 2.05. The molecule has 2 rings (SSSR count). The van der Waals surface area contributed by atoms with Crippen LogP contribution in [0.3, 0.4) is 0 Å². The van der Waals surface area contributed by atoms with E-state index in [0.29, 0.717) is 12.5 Å². The van der Waals surface area contributed by atoms with E-state index in [-0.39, 0.29) is 17.5 Å². The zero-order valence-corrected chi connectivity index (χ0v) is 11.5. The monoisotopic (exact) mass is 280 g/mol.